The molecular formula is C19H21NO5S. The summed E-state index contributed by atoms with van der Waals surface area (Å²) in [6, 6.07) is 7.14. The highest BCUT2D eigenvalue weighted by molar-refractivity contribution is 8.18. The van der Waals surface area contributed by atoms with Crippen molar-refractivity contribution >= 4 is 35.0 Å². The molecule has 7 heteroatoms. The Morgan fingerprint density at radius 2 is 2.15 bits per heavy atom. The Hall–Kier alpha value is -2.54. The Balaban J connectivity index is 2.09. The number of imide groups is 1. The van der Waals surface area contributed by atoms with Crippen LogP contribution in [0.2, 0.25) is 0 Å². The van der Waals surface area contributed by atoms with Crippen LogP contribution in [0.15, 0.2) is 41.8 Å². The third-order valence-electron chi connectivity index (χ3n) is 3.59. The molecule has 0 unspecified atom stereocenters. The highest BCUT2D eigenvalue weighted by Gasteiger charge is 2.36. The van der Waals surface area contributed by atoms with Gasteiger partial charge in [0.25, 0.3) is 11.1 Å². The summed E-state index contributed by atoms with van der Waals surface area (Å²) < 4.78 is 10.6. The third kappa shape index (κ3) is 5.23. The van der Waals surface area contributed by atoms with Gasteiger partial charge in [0.1, 0.15) is 18.9 Å². The van der Waals surface area contributed by atoms with Gasteiger partial charge in [-0.3, -0.25) is 19.3 Å². The Bertz CT molecular complexity index is 743. The van der Waals surface area contributed by atoms with Gasteiger partial charge in [-0.05, 0) is 48.9 Å². The maximum absolute atomic E-state index is 12.4. The molecule has 1 atom stereocenters. The van der Waals surface area contributed by atoms with E-state index in [-0.39, 0.29) is 17.6 Å². The maximum Gasteiger partial charge on any atom is 0.326 e. The van der Waals surface area contributed by atoms with Crippen molar-refractivity contribution in [2.45, 2.75) is 26.4 Å². The van der Waals surface area contributed by atoms with Crippen molar-refractivity contribution < 1.29 is 23.9 Å². The Morgan fingerprint density at radius 1 is 1.38 bits per heavy atom. The standard InChI is InChI=1S/C19H21NO5S/c1-4-9-24-15-8-6-7-14(10-15)11-16-18(22)20(19(23)26-16)12-17(21)25-13(3)5-2/h4,6-8,10-11,13H,1,5,9,12H2,2-3H3/b16-11+/t13-/m1/s1. The fraction of sp³-hybridized carbons (Fsp3) is 0.316. The Kier molecular flexibility index (Phi) is 7.03. The number of ether oxygens (including phenoxy) is 2. The summed E-state index contributed by atoms with van der Waals surface area (Å²) in [5.74, 6) is -0.462. The number of hydrogen-bond acceptors (Lipinski definition) is 6. The Labute approximate surface area is 156 Å². The van der Waals surface area contributed by atoms with Crippen molar-refractivity contribution in [2.75, 3.05) is 13.2 Å². The largest absolute Gasteiger partial charge is 0.490 e. The minimum atomic E-state index is -0.595. The number of nitrogens with zero attached hydrogens (tertiary/aromatic N) is 1. The van der Waals surface area contributed by atoms with E-state index in [9.17, 15) is 14.4 Å². The van der Waals surface area contributed by atoms with Gasteiger partial charge >= 0.3 is 5.97 Å². The van der Waals surface area contributed by atoms with Crippen LogP contribution in [-0.4, -0.2) is 41.3 Å². The van der Waals surface area contributed by atoms with E-state index in [0.717, 1.165) is 22.2 Å². The first-order chi connectivity index (χ1) is 12.4. The molecule has 0 bridgehead atoms. The average molecular weight is 375 g/mol. The van der Waals surface area contributed by atoms with Crippen LogP contribution < -0.4 is 4.74 Å². The Morgan fingerprint density at radius 3 is 2.85 bits per heavy atom. The van der Waals surface area contributed by atoms with E-state index in [1.807, 2.05) is 6.92 Å². The van der Waals surface area contributed by atoms with Crippen molar-refractivity contribution in [3.63, 3.8) is 0 Å². The van der Waals surface area contributed by atoms with Gasteiger partial charge in [0.05, 0.1) is 11.0 Å². The van der Waals surface area contributed by atoms with Crippen molar-refractivity contribution in [2.24, 2.45) is 0 Å². The molecule has 0 radical (unpaired) electrons. The molecule has 26 heavy (non-hydrogen) atoms. The normalized spacial score (nSPS) is 16.7. The van der Waals surface area contributed by atoms with Crippen LogP contribution in [0.3, 0.4) is 0 Å². The monoisotopic (exact) mass is 375 g/mol. The van der Waals surface area contributed by atoms with Crippen LogP contribution >= 0.6 is 11.8 Å². The summed E-state index contributed by atoms with van der Waals surface area (Å²) >= 11 is 0.801. The highest BCUT2D eigenvalue weighted by Crippen LogP contribution is 2.32. The van der Waals surface area contributed by atoms with Gasteiger partial charge in [-0.25, -0.2) is 0 Å². The molecule has 1 aliphatic heterocycles. The van der Waals surface area contributed by atoms with Crippen molar-refractivity contribution in [3.05, 3.63) is 47.4 Å². The number of rotatable bonds is 8. The lowest BCUT2D eigenvalue weighted by Gasteiger charge is -2.14. The molecule has 138 valence electrons. The van der Waals surface area contributed by atoms with E-state index < -0.39 is 17.1 Å². The summed E-state index contributed by atoms with van der Waals surface area (Å²) in [5, 5.41) is -0.485. The van der Waals surface area contributed by atoms with Gasteiger partial charge in [0.2, 0.25) is 0 Å². The molecule has 0 aliphatic carbocycles. The predicted molar refractivity (Wildman–Crippen MR) is 101 cm³/mol. The predicted octanol–water partition coefficient (Wildman–Crippen LogP) is 3.63. The number of carbonyl (C=O) groups excluding carboxylic acids is 3. The van der Waals surface area contributed by atoms with Crippen LogP contribution in [0.4, 0.5) is 4.79 Å². The zero-order chi connectivity index (χ0) is 19.1. The average Bonchev–Trinajstić information content (AvgIpc) is 2.87. The third-order valence-corrected chi connectivity index (χ3v) is 4.50. The number of esters is 1. The summed E-state index contributed by atoms with van der Waals surface area (Å²) in [5.41, 5.74) is 0.722. The van der Waals surface area contributed by atoms with Gasteiger partial charge in [-0.2, -0.15) is 0 Å². The lowest BCUT2D eigenvalue weighted by Crippen LogP contribution is -2.35. The molecule has 0 saturated carbocycles. The smallest absolute Gasteiger partial charge is 0.326 e. The topological polar surface area (TPSA) is 72.9 Å². The van der Waals surface area contributed by atoms with Gasteiger partial charge in [0, 0.05) is 0 Å². The highest BCUT2D eigenvalue weighted by atomic mass is 32.2. The van der Waals surface area contributed by atoms with Gasteiger partial charge in [-0.1, -0.05) is 31.7 Å². The van der Waals surface area contributed by atoms with E-state index in [2.05, 4.69) is 6.58 Å². The molecule has 6 nitrogen and oxygen atoms in total. The van der Waals surface area contributed by atoms with E-state index in [4.69, 9.17) is 9.47 Å². The quantitative estimate of drug-likeness (QED) is 0.392. The number of thioether (sulfide) groups is 1. The number of amides is 2. The lowest BCUT2D eigenvalue weighted by molar-refractivity contribution is -0.150. The fourth-order valence-corrected chi connectivity index (χ4v) is 2.95. The molecular weight excluding hydrogens is 354 g/mol. The van der Waals surface area contributed by atoms with E-state index >= 15 is 0 Å². The van der Waals surface area contributed by atoms with Crippen molar-refractivity contribution in [3.8, 4) is 5.75 Å². The second kappa shape index (κ2) is 9.24. The molecule has 1 heterocycles. The van der Waals surface area contributed by atoms with Crippen LogP contribution in [0, 0.1) is 0 Å². The maximum atomic E-state index is 12.4. The van der Waals surface area contributed by atoms with Crippen molar-refractivity contribution in [1.29, 1.82) is 0 Å². The van der Waals surface area contributed by atoms with Gasteiger partial charge in [0.15, 0.2) is 0 Å². The zero-order valence-corrected chi connectivity index (χ0v) is 15.6. The summed E-state index contributed by atoms with van der Waals surface area (Å²) in [6.45, 7) is 7.22. The molecule has 2 rings (SSSR count). The van der Waals surface area contributed by atoms with Crippen LogP contribution in [0.5, 0.6) is 5.75 Å². The molecule has 1 aliphatic rings. The minimum absolute atomic E-state index is 0.253. The second-order valence-corrected chi connectivity index (χ2v) is 6.64. The summed E-state index contributed by atoms with van der Waals surface area (Å²) in [7, 11) is 0. The first-order valence-corrected chi connectivity index (χ1v) is 9.04. The number of hydrogen-bond donors (Lipinski definition) is 0. The molecule has 1 saturated heterocycles. The first-order valence-electron chi connectivity index (χ1n) is 8.23. The first kappa shape index (κ1) is 19.8. The van der Waals surface area contributed by atoms with Gasteiger partial charge in [-0.15, -0.1) is 0 Å². The zero-order valence-electron chi connectivity index (χ0n) is 14.8. The molecule has 1 aromatic carbocycles. The molecule has 1 fully saturated rings. The molecule has 2 amide bonds. The van der Waals surface area contributed by atoms with E-state index in [0.29, 0.717) is 18.8 Å². The summed E-state index contributed by atoms with van der Waals surface area (Å²) in [6.07, 6.45) is 3.65. The SMILES string of the molecule is C=CCOc1cccc(/C=C2/SC(=O)N(CC(=O)O[C@H](C)CC)C2=O)c1. The minimum Gasteiger partial charge on any atom is -0.490 e. The summed E-state index contributed by atoms with van der Waals surface area (Å²) in [4.78, 5) is 37.5. The lowest BCUT2D eigenvalue weighted by atomic mass is 10.2. The number of carbonyl (C=O) groups is 3. The van der Waals surface area contributed by atoms with E-state index in [1.54, 1.807) is 43.3 Å². The molecule has 0 spiro atoms. The van der Waals surface area contributed by atoms with Crippen LogP contribution in [0.25, 0.3) is 6.08 Å². The van der Waals surface area contributed by atoms with Crippen molar-refractivity contribution in [1.82, 2.24) is 4.90 Å². The fourth-order valence-electron chi connectivity index (χ4n) is 2.11. The van der Waals surface area contributed by atoms with E-state index in [1.165, 1.54) is 0 Å². The van der Waals surface area contributed by atoms with Crippen LogP contribution in [0.1, 0.15) is 25.8 Å². The number of benzene rings is 1. The second-order valence-electron chi connectivity index (χ2n) is 5.65. The van der Waals surface area contributed by atoms with Crippen LogP contribution in [-0.2, 0) is 14.3 Å². The molecule has 0 aromatic heterocycles. The van der Waals surface area contributed by atoms with Gasteiger partial charge < -0.3 is 9.47 Å². The molecule has 1 aromatic rings. The molecule has 0 N–H and O–H groups in total.